The Morgan fingerprint density at radius 2 is 2.08 bits per heavy atom. The minimum Gasteiger partial charge on any atom is -0.478 e. The number of benzene rings is 1. The summed E-state index contributed by atoms with van der Waals surface area (Å²) in [4.78, 5) is 0. The molecule has 5 heteroatoms. The molecule has 59 valence electrons. The van der Waals surface area contributed by atoms with Crippen LogP contribution in [0.3, 0.4) is 0 Å². The van der Waals surface area contributed by atoms with Crippen LogP contribution in [-0.2, 0) is 0 Å². The number of hydrogen-bond donors (Lipinski definition) is 1. The van der Waals surface area contributed by atoms with Crippen molar-refractivity contribution < 1.29 is 5.11 Å². The highest BCUT2D eigenvalue weighted by Gasteiger charge is 2.03. The van der Waals surface area contributed by atoms with E-state index in [1.807, 2.05) is 0 Å². The molecule has 1 aromatic heterocycles. The second kappa shape index (κ2) is 2.61. The zero-order valence-corrected chi connectivity index (χ0v) is 6.05. The van der Waals surface area contributed by atoms with Gasteiger partial charge < -0.3 is 5.11 Å². The van der Waals surface area contributed by atoms with Crippen molar-refractivity contribution in [2.75, 3.05) is 0 Å². The number of rotatable bonds is 1. The molecule has 0 amide bonds. The van der Waals surface area contributed by atoms with Gasteiger partial charge in [-0.3, -0.25) is 0 Å². The summed E-state index contributed by atoms with van der Waals surface area (Å²) in [6, 6.07) is 9.56. The molecule has 12 heavy (non-hydrogen) atoms. The molecule has 0 saturated heterocycles. The van der Waals surface area contributed by atoms with Crippen LogP contribution in [0.2, 0.25) is 0 Å². The first-order valence-electron chi connectivity index (χ1n) is 3.32. The quantitative estimate of drug-likeness (QED) is 0.647. The van der Waals surface area contributed by atoms with Crippen molar-refractivity contribution in [1.29, 1.82) is 0 Å². The standard InChI is InChI=1S/C7H5N4O/c12-7-8-9-10-11(7)6-4-2-1-3-5-6/h2-5H,(H,8,10,12). The summed E-state index contributed by atoms with van der Waals surface area (Å²) in [5, 5.41) is 19.3. The molecular weight excluding hydrogens is 156 g/mol. The van der Waals surface area contributed by atoms with E-state index in [9.17, 15) is 0 Å². The smallest absolute Gasteiger partial charge is 0.337 e. The first-order chi connectivity index (χ1) is 5.88. The van der Waals surface area contributed by atoms with Crippen molar-refractivity contribution in [3.63, 3.8) is 0 Å². The maximum atomic E-state index is 9.12. The summed E-state index contributed by atoms with van der Waals surface area (Å²) < 4.78 is 1.23. The van der Waals surface area contributed by atoms with Crippen LogP contribution in [0.5, 0.6) is 6.01 Å². The zero-order valence-electron chi connectivity index (χ0n) is 6.05. The van der Waals surface area contributed by atoms with Gasteiger partial charge in [0.2, 0.25) is 0 Å². The predicted octanol–water partition coefficient (Wildman–Crippen LogP) is 0.168. The lowest BCUT2D eigenvalue weighted by atomic mass is 10.3. The molecule has 0 atom stereocenters. The minimum absolute atomic E-state index is 0.221. The average molecular weight is 161 g/mol. The van der Waals surface area contributed by atoms with Gasteiger partial charge in [-0.25, -0.2) is 0 Å². The Morgan fingerprint density at radius 3 is 2.67 bits per heavy atom. The fourth-order valence-corrected chi connectivity index (χ4v) is 0.869. The number of hydrogen-bond acceptors (Lipinski definition) is 4. The van der Waals surface area contributed by atoms with Crippen molar-refractivity contribution in [1.82, 2.24) is 20.2 Å². The van der Waals surface area contributed by atoms with Crippen molar-refractivity contribution in [3.05, 3.63) is 30.3 Å². The average Bonchev–Trinajstić information content (AvgIpc) is 2.53. The predicted molar refractivity (Wildman–Crippen MR) is 39.7 cm³/mol. The molecule has 1 radical (unpaired) electrons. The summed E-state index contributed by atoms with van der Waals surface area (Å²) in [7, 11) is 0. The summed E-state index contributed by atoms with van der Waals surface area (Å²) >= 11 is 0. The van der Waals surface area contributed by atoms with Crippen LogP contribution < -0.4 is 0 Å². The van der Waals surface area contributed by atoms with Gasteiger partial charge in [-0.05, 0) is 28.6 Å². The van der Waals surface area contributed by atoms with E-state index in [0.29, 0.717) is 5.69 Å². The van der Waals surface area contributed by atoms with E-state index in [1.54, 1.807) is 24.3 Å². The van der Waals surface area contributed by atoms with Crippen LogP contribution in [0.25, 0.3) is 5.69 Å². The van der Waals surface area contributed by atoms with Gasteiger partial charge in [0.05, 0.1) is 5.69 Å². The topological polar surface area (TPSA) is 63.8 Å². The maximum absolute atomic E-state index is 9.12. The van der Waals surface area contributed by atoms with Crippen molar-refractivity contribution in [2.24, 2.45) is 0 Å². The summed E-state index contributed by atoms with van der Waals surface area (Å²) in [6.45, 7) is 0. The number of aromatic nitrogens is 4. The highest BCUT2D eigenvalue weighted by Crippen LogP contribution is 2.09. The first-order valence-corrected chi connectivity index (χ1v) is 3.32. The van der Waals surface area contributed by atoms with E-state index in [0.717, 1.165) is 0 Å². The Labute approximate surface area is 68.3 Å². The fraction of sp³-hybridized carbons (Fsp3) is 0. The van der Waals surface area contributed by atoms with E-state index in [4.69, 9.17) is 5.11 Å². The van der Waals surface area contributed by atoms with Crippen molar-refractivity contribution in [2.45, 2.75) is 0 Å². The summed E-state index contributed by atoms with van der Waals surface area (Å²) in [6.07, 6.45) is 0. The third-order valence-corrected chi connectivity index (χ3v) is 1.40. The lowest BCUT2D eigenvalue weighted by molar-refractivity contribution is 0.415. The van der Waals surface area contributed by atoms with E-state index >= 15 is 0 Å². The molecule has 0 bridgehead atoms. The Bertz CT molecular complexity index is 370. The molecular formula is C7H5N4O. The highest BCUT2D eigenvalue weighted by atomic mass is 16.3. The van der Waals surface area contributed by atoms with Crippen LogP contribution in [0.15, 0.2) is 24.3 Å². The molecule has 0 aliphatic rings. The first kappa shape index (κ1) is 6.78. The lowest BCUT2D eigenvalue weighted by Crippen LogP contribution is -1.95. The molecule has 0 saturated carbocycles. The second-order valence-corrected chi connectivity index (χ2v) is 2.15. The van der Waals surface area contributed by atoms with Crippen LogP contribution in [0.1, 0.15) is 0 Å². The molecule has 1 N–H and O–H groups in total. The molecule has 0 spiro atoms. The Hall–Kier alpha value is -1.91. The molecule has 5 nitrogen and oxygen atoms in total. The van der Waals surface area contributed by atoms with Crippen molar-refractivity contribution >= 4 is 0 Å². The molecule has 1 aromatic carbocycles. The molecule has 0 fully saturated rings. The van der Waals surface area contributed by atoms with Gasteiger partial charge in [-0.2, -0.15) is 4.68 Å². The van der Waals surface area contributed by atoms with Crippen LogP contribution >= 0.6 is 0 Å². The van der Waals surface area contributed by atoms with E-state index in [1.165, 1.54) is 4.68 Å². The number of aromatic hydroxyl groups is 1. The van der Waals surface area contributed by atoms with Gasteiger partial charge in [0.15, 0.2) is 0 Å². The zero-order chi connectivity index (χ0) is 8.39. The second-order valence-electron chi connectivity index (χ2n) is 2.15. The minimum atomic E-state index is -0.221. The van der Waals surface area contributed by atoms with Gasteiger partial charge in [0.25, 0.3) is 0 Å². The third kappa shape index (κ3) is 1.01. The molecule has 0 aliphatic heterocycles. The van der Waals surface area contributed by atoms with Gasteiger partial charge in [0, 0.05) is 0 Å². The van der Waals surface area contributed by atoms with Crippen LogP contribution in [-0.4, -0.2) is 25.3 Å². The van der Waals surface area contributed by atoms with E-state index in [2.05, 4.69) is 21.6 Å². The largest absolute Gasteiger partial charge is 0.478 e. The molecule has 0 unspecified atom stereocenters. The van der Waals surface area contributed by atoms with Crippen LogP contribution in [0, 0.1) is 6.07 Å². The van der Waals surface area contributed by atoms with Gasteiger partial charge in [-0.15, -0.1) is 0 Å². The fourth-order valence-electron chi connectivity index (χ4n) is 0.869. The van der Waals surface area contributed by atoms with E-state index in [-0.39, 0.29) is 6.01 Å². The monoisotopic (exact) mass is 161 g/mol. The van der Waals surface area contributed by atoms with Gasteiger partial charge >= 0.3 is 6.01 Å². The Kier molecular flexibility index (Phi) is 1.48. The summed E-state index contributed by atoms with van der Waals surface area (Å²) in [5.74, 6) is 0. The lowest BCUT2D eigenvalue weighted by Gasteiger charge is -1.97. The van der Waals surface area contributed by atoms with Gasteiger partial charge in [-0.1, -0.05) is 17.2 Å². The molecule has 0 aliphatic carbocycles. The Morgan fingerprint density at radius 1 is 1.33 bits per heavy atom. The van der Waals surface area contributed by atoms with Crippen LogP contribution in [0.4, 0.5) is 0 Å². The molecule has 1 heterocycles. The highest BCUT2D eigenvalue weighted by molar-refractivity contribution is 5.30. The Balaban J connectivity index is 2.51. The SMILES string of the molecule is Oc1nnnn1-c1cc[c]cc1. The third-order valence-electron chi connectivity index (χ3n) is 1.40. The number of nitrogens with zero attached hydrogens (tertiary/aromatic N) is 4. The van der Waals surface area contributed by atoms with Crippen molar-refractivity contribution in [3.8, 4) is 11.7 Å². The molecule has 2 rings (SSSR count). The van der Waals surface area contributed by atoms with E-state index < -0.39 is 0 Å². The van der Waals surface area contributed by atoms with Gasteiger partial charge in [0.1, 0.15) is 0 Å². The molecule has 2 aromatic rings. The summed E-state index contributed by atoms with van der Waals surface area (Å²) in [5.41, 5.74) is 0.705. The number of tetrazole rings is 1. The normalized spacial score (nSPS) is 10.0. The maximum Gasteiger partial charge on any atom is 0.337 e.